The molecule has 1 atom stereocenters. The van der Waals surface area contributed by atoms with Gasteiger partial charge in [-0.05, 0) is 36.0 Å². The fraction of sp³-hybridized carbons (Fsp3) is 0.524. The number of amides is 1. The Bertz CT molecular complexity index is 990. The summed E-state index contributed by atoms with van der Waals surface area (Å²) in [5.74, 6) is -0.0343. The molecule has 0 aliphatic carbocycles. The molecule has 6 nitrogen and oxygen atoms in total. The Morgan fingerprint density at radius 2 is 2.13 bits per heavy atom. The summed E-state index contributed by atoms with van der Waals surface area (Å²) in [7, 11) is 0. The van der Waals surface area contributed by atoms with Crippen LogP contribution in [0, 0.1) is 5.41 Å². The van der Waals surface area contributed by atoms with E-state index in [0.717, 1.165) is 48.5 Å². The number of nitrogens with one attached hydrogen (secondary N) is 2. The van der Waals surface area contributed by atoms with Crippen molar-refractivity contribution in [1.29, 1.82) is 0 Å². The van der Waals surface area contributed by atoms with E-state index < -0.39 is 0 Å². The lowest BCUT2D eigenvalue weighted by Gasteiger charge is -2.18. The van der Waals surface area contributed by atoms with E-state index >= 15 is 0 Å². The van der Waals surface area contributed by atoms with Crippen LogP contribution in [0.4, 0.5) is 0 Å². The highest BCUT2D eigenvalue weighted by molar-refractivity contribution is 7.18. The van der Waals surface area contributed by atoms with Crippen molar-refractivity contribution >= 4 is 58.1 Å². The van der Waals surface area contributed by atoms with Gasteiger partial charge in [-0.3, -0.25) is 9.20 Å². The van der Waals surface area contributed by atoms with Crippen LogP contribution in [0.1, 0.15) is 48.8 Å². The molecular formula is C21H30Cl2N4O2S. The van der Waals surface area contributed by atoms with E-state index in [1.165, 1.54) is 16.9 Å². The predicted octanol–water partition coefficient (Wildman–Crippen LogP) is 4.44. The molecule has 2 N–H and O–H groups in total. The van der Waals surface area contributed by atoms with Gasteiger partial charge in [-0.1, -0.05) is 38.2 Å². The lowest BCUT2D eigenvalue weighted by molar-refractivity contribution is 0.0943. The average molecular weight is 473 g/mol. The number of rotatable bonds is 6. The number of aromatic nitrogens is 2. The first-order valence-electron chi connectivity index (χ1n) is 9.90. The summed E-state index contributed by atoms with van der Waals surface area (Å²) >= 11 is 1.43. The summed E-state index contributed by atoms with van der Waals surface area (Å²) in [5, 5.41) is 6.50. The fourth-order valence-corrected chi connectivity index (χ4v) is 4.30. The second-order valence-electron chi connectivity index (χ2n) is 8.69. The van der Waals surface area contributed by atoms with Crippen LogP contribution in [0.2, 0.25) is 0 Å². The van der Waals surface area contributed by atoms with Crippen molar-refractivity contribution in [3.8, 4) is 0 Å². The normalized spacial score (nSPS) is 16.4. The molecule has 0 unspecified atom stereocenters. The quantitative estimate of drug-likeness (QED) is 0.556. The Morgan fingerprint density at radius 3 is 2.83 bits per heavy atom. The first kappa shape index (κ1) is 24.9. The van der Waals surface area contributed by atoms with Crippen LogP contribution in [0.3, 0.4) is 0 Å². The topological polar surface area (TPSA) is 67.7 Å². The minimum Gasteiger partial charge on any atom is -0.377 e. The van der Waals surface area contributed by atoms with Gasteiger partial charge < -0.3 is 15.4 Å². The van der Waals surface area contributed by atoms with Crippen molar-refractivity contribution in [3.05, 3.63) is 34.8 Å². The molecule has 0 radical (unpaired) electrons. The molecule has 4 rings (SSSR count). The summed E-state index contributed by atoms with van der Waals surface area (Å²) in [6, 6.07) is 6.32. The van der Waals surface area contributed by atoms with E-state index in [4.69, 9.17) is 4.74 Å². The van der Waals surface area contributed by atoms with Crippen LogP contribution in [0.5, 0.6) is 0 Å². The van der Waals surface area contributed by atoms with Gasteiger partial charge in [-0.15, -0.1) is 24.8 Å². The lowest BCUT2D eigenvalue weighted by Crippen LogP contribution is -2.31. The molecule has 0 saturated carbocycles. The van der Waals surface area contributed by atoms with Gasteiger partial charge in [0.05, 0.1) is 17.1 Å². The standard InChI is InChI=1S/C21H28N4O2S.2ClH/c1-21(2,3)13-23-19(26)18-12-25-17-9-14(6-7-16(17)24-20(25)28-18)10-22-11-15-5-4-8-27-15;;/h6-7,9,12,15,22H,4-5,8,10-11,13H2,1-3H3,(H,23,26);2*1H/t15-;;/m1../s1. The Hall–Kier alpha value is -1.38. The Labute approximate surface area is 193 Å². The number of carbonyl (C=O) groups excluding carboxylic acids is 1. The summed E-state index contributed by atoms with van der Waals surface area (Å²) < 4.78 is 7.68. The molecular weight excluding hydrogens is 443 g/mol. The number of benzene rings is 1. The zero-order valence-corrected chi connectivity index (χ0v) is 20.0. The lowest BCUT2D eigenvalue weighted by atomic mass is 9.97. The monoisotopic (exact) mass is 472 g/mol. The molecule has 1 saturated heterocycles. The van der Waals surface area contributed by atoms with E-state index in [-0.39, 0.29) is 36.1 Å². The van der Waals surface area contributed by atoms with Gasteiger partial charge in [0.1, 0.15) is 4.88 Å². The summed E-state index contributed by atoms with van der Waals surface area (Å²) in [6.45, 7) is 9.54. The van der Waals surface area contributed by atoms with Crippen LogP contribution >= 0.6 is 36.2 Å². The van der Waals surface area contributed by atoms with Crippen molar-refractivity contribution in [1.82, 2.24) is 20.0 Å². The van der Waals surface area contributed by atoms with Gasteiger partial charge in [0.2, 0.25) is 0 Å². The van der Waals surface area contributed by atoms with Gasteiger partial charge in [-0.25, -0.2) is 4.98 Å². The molecule has 0 bridgehead atoms. The van der Waals surface area contributed by atoms with Gasteiger partial charge >= 0.3 is 0 Å². The molecule has 3 aromatic rings. The highest BCUT2D eigenvalue weighted by atomic mass is 35.5. The molecule has 1 amide bonds. The van der Waals surface area contributed by atoms with Crippen LogP contribution in [0.25, 0.3) is 16.0 Å². The smallest absolute Gasteiger partial charge is 0.263 e. The number of fused-ring (bicyclic) bond motifs is 3. The number of halogens is 2. The largest absolute Gasteiger partial charge is 0.377 e. The average Bonchev–Trinajstić information content (AvgIpc) is 3.35. The molecule has 166 valence electrons. The van der Waals surface area contributed by atoms with E-state index in [2.05, 4.69) is 54.6 Å². The summed E-state index contributed by atoms with van der Waals surface area (Å²) in [4.78, 5) is 18.7. The third-order valence-corrected chi connectivity index (χ3v) is 5.88. The summed E-state index contributed by atoms with van der Waals surface area (Å²) in [5.41, 5.74) is 3.26. The van der Waals surface area contributed by atoms with Gasteiger partial charge in [-0.2, -0.15) is 0 Å². The number of carbonyl (C=O) groups is 1. The molecule has 0 spiro atoms. The van der Waals surface area contributed by atoms with Crippen LogP contribution in [-0.2, 0) is 11.3 Å². The van der Waals surface area contributed by atoms with Crippen molar-refractivity contribution in [2.75, 3.05) is 19.7 Å². The molecule has 2 aromatic heterocycles. The molecule has 1 aromatic carbocycles. The molecule has 1 aliphatic rings. The Balaban J connectivity index is 0.00000160. The number of imidazole rings is 1. The molecule has 30 heavy (non-hydrogen) atoms. The first-order chi connectivity index (χ1) is 13.4. The van der Waals surface area contributed by atoms with Crippen molar-refractivity contribution < 1.29 is 9.53 Å². The number of ether oxygens (including phenoxy) is 1. The second-order valence-corrected chi connectivity index (χ2v) is 9.70. The van der Waals surface area contributed by atoms with Crippen LogP contribution < -0.4 is 10.6 Å². The SMILES string of the molecule is CC(C)(C)CNC(=O)c1cn2c(nc3ccc(CNC[C@H]4CCCO4)cc32)s1.Cl.Cl. The third-order valence-electron chi connectivity index (χ3n) is 4.90. The van der Waals surface area contributed by atoms with Gasteiger partial charge in [0.15, 0.2) is 4.96 Å². The highest BCUT2D eigenvalue weighted by Gasteiger charge is 2.17. The third kappa shape index (κ3) is 5.86. The maximum absolute atomic E-state index is 12.5. The number of thiazole rings is 1. The van der Waals surface area contributed by atoms with Crippen LogP contribution in [0.15, 0.2) is 24.4 Å². The number of nitrogens with zero attached hydrogens (tertiary/aromatic N) is 2. The van der Waals surface area contributed by atoms with E-state index in [0.29, 0.717) is 17.5 Å². The van der Waals surface area contributed by atoms with Crippen molar-refractivity contribution in [2.45, 2.75) is 46.3 Å². The number of hydrogen-bond donors (Lipinski definition) is 2. The van der Waals surface area contributed by atoms with Gasteiger partial charge in [0.25, 0.3) is 5.91 Å². The van der Waals surface area contributed by atoms with E-state index in [1.54, 1.807) is 0 Å². The summed E-state index contributed by atoms with van der Waals surface area (Å²) in [6.07, 6.45) is 4.55. The molecule has 9 heteroatoms. The molecule has 1 aliphatic heterocycles. The number of hydrogen-bond acceptors (Lipinski definition) is 5. The van der Waals surface area contributed by atoms with Crippen LogP contribution in [-0.4, -0.2) is 41.1 Å². The van der Waals surface area contributed by atoms with Crippen molar-refractivity contribution in [2.24, 2.45) is 5.41 Å². The van der Waals surface area contributed by atoms with Crippen molar-refractivity contribution in [3.63, 3.8) is 0 Å². The zero-order chi connectivity index (χ0) is 19.7. The minimum atomic E-state index is -0.0343. The van der Waals surface area contributed by atoms with E-state index in [9.17, 15) is 4.79 Å². The maximum Gasteiger partial charge on any atom is 0.263 e. The zero-order valence-electron chi connectivity index (χ0n) is 17.6. The highest BCUT2D eigenvalue weighted by Crippen LogP contribution is 2.25. The fourth-order valence-electron chi connectivity index (χ4n) is 3.39. The molecule has 1 fully saturated rings. The maximum atomic E-state index is 12.5. The molecule has 3 heterocycles. The minimum absolute atomic E-state index is 0. The second kappa shape index (κ2) is 10.3. The predicted molar refractivity (Wildman–Crippen MR) is 128 cm³/mol. The van der Waals surface area contributed by atoms with Gasteiger partial charge in [0, 0.05) is 32.4 Å². The van der Waals surface area contributed by atoms with E-state index in [1.807, 2.05) is 10.6 Å². The Morgan fingerprint density at radius 1 is 1.33 bits per heavy atom. The first-order valence-corrected chi connectivity index (χ1v) is 10.7. The Kier molecular flexibility index (Phi) is 8.53.